The molecule has 2 aromatic carbocycles. The van der Waals surface area contributed by atoms with Crippen LogP contribution in [0.15, 0.2) is 145 Å². The Kier molecular flexibility index (Phi) is 12.8. The third-order valence-electron chi connectivity index (χ3n) is 6.44. The molecule has 0 saturated carbocycles. The average molecular weight is 600 g/mol. The SMILES string of the molecule is C=C[CH2-].O=C1C=CC=C/C1=C1/N[C@@H](Cc2ccccc2)CO1.O=C1C=CC=C/C1=C1\N[C@@H](Cc2ccccc2)CO1.[Cr]. The van der Waals surface area contributed by atoms with Gasteiger partial charge in [0, 0.05) is 17.4 Å². The van der Waals surface area contributed by atoms with E-state index in [-0.39, 0.29) is 41.0 Å². The van der Waals surface area contributed by atoms with Crippen molar-refractivity contribution < 1.29 is 36.4 Å². The molecule has 2 aliphatic carbocycles. The Balaban J connectivity index is 0.000000207. The van der Waals surface area contributed by atoms with Crippen molar-refractivity contribution in [3.63, 3.8) is 0 Å². The summed E-state index contributed by atoms with van der Waals surface area (Å²) in [6.07, 6.45) is 17.1. The topological polar surface area (TPSA) is 76.7 Å². The minimum atomic E-state index is -0.00892. The van der Waals surface area contributed by atoms with Crippen LogP contribution in [0.4, 0.5) is 0 Å². The Morgan fingerprint density at radius 3 is 1.40 bits per heavy atom. The molecule has 216 valence electrons. The minimum Gasteiger partial charge on any atom is -0.476 e. The fourth-order valence-corrected chi connectivity index (χ4v) is 4.54. The summed E-state index contributed by atoms with van der Waals surface area (Å²) >= 11 is 0. The number of allylic oxidation sites excluding steroid dienone is 11. The van der Waals surface area contributed by atoms with E-state index in [1.165, 1.54) is 17.2 Å². The predicted octanol–water partition coefficient (Wildman–Crippen LogP) is 5.25. The van der Waals surface area contributed by atoms with Crippen molar-refractivity contribution in [2.24, 2.45) is 0 Å². The van der Waals surface area contributed by atoms with Crippen LogP contribution in [-0.2, 0) is 49.3 Å². The van der Waals surface area contributed by atoms with Crippen LogP contribution in [0.2, 0.25) is 0 Å². The second-order valence-electron chi connectivity index (χ2n) is 9.62. The first kappa shape index (κ1) is 32.1. The second-order valence-corrected chi connectivity index (χ2v) is 9.62. The molecule has 2 atom stereocenters. The summed E-state index contributed by atoms with van der Waals surface area (Å²) in [5, 5.41) is 6.58. The molecule has 2 saturated heterocycles. The molecule has 2 fully saturated rings. The monoisotopic (exact) mass is 599 g/mol. The molecule has 0 spiro atoms. The van der Waals surface area contributed by atoms with Gasteiger partial charge in [0.1, 0.15) is 13.2 Å². The first-order valence-corrected chi connectivity index (χ1v) is 13.6. The van der Waals surface area contributed by atoms with Gasteiger partial charge in [0.25, 0.3) is 0 Å². The van der Waals surface area contributed by atoms with Crippen molar-refractivity contribution in [1.29, 1.82) is 0 Å². The number of hydrogen-bond donors (Lipinski definition) is 2. The van der Waals surface area contributed by atoms with Crippen molar-refractivity contribution in [3.05, 3.63) is 163 Å². The van der Waals surface area contributed by atoms with Crippen LogP contribution in [0.1, 0.15) is 11.1 Å². The van der Waals surface area contributed by atoms with E-state index in [1.54, 1.807) is 36.5 Å². The molecule has 6 rings (SSSR count). The van der Waals surface area contributed by atoms with Gasteiger partial charge in [-0.15, -0.1) is 0 Å². The third kappa shape index (κ3) is 9.31. The zero-order valence-corrected chi connectivity index (χ0v) is 24.7. The van der Waals surface area contributed by atoms with Crippen LogP contribution in [0.5, 0.6) is 0 Å². The molecule has 0 bridgehead atoms. The van der Waals surface area contributed by atoms with Crippen molar-refractivity contribution in [2.45, 2.75) is 24.9 Å². The Bertz CT molecular complexity index is 1300. The second kappa shape index (κ2) is 16.7. The third-order valence-corrected chi connectivity index (χ3v) is 6.44. The van der Waals surface area contributed by atoms with Gasteiger partial charge < -0.3 is 20.1 Å². The summed E-state index contributed by atoms with van der Waals surface area (Å²) in [5.41, 5.74) is 3.75. The molecule has 42 heavy (non-hydrogen) atoms. The largest absolute Gasteiger partial charge is 0.476 e. The van der Waals surface area contributed by atoms with Gasteiger partial charge in [-0.3, -0.25) is 9.59 Å². The summed E-state index contributed by atoms with van der Waals surface area (Å²) in [6, 6.07) is 21.0. The van der Waals surface area contributed by atoms with Gasteiger partial charge in [0.05, 0.1) is 23.2 Å². The molecule has 7 heteroatoms. The van der Waals surface area contributed by atoms with Crippen LogP contribution in [-0.4, -0.2) is 36.9 Å². The van der Waals surface area contributed by atoms with E-state index in [1.807, 2.05) is 48.6 Å². The summed E-state index contributed by atoms with van der Waals surface area (Å²) in [7, 11) is 0. The molecule has 2 aromatic rings. The van der Waals surface area contributed by atoms with Crippen molar-refractivity contribution >= 4 is 11.6 Å². The zero-order chi connectivity index (χ0) is 28.9. The van der Waals surface area contributed by atoms with E-state index in [4.69, 9.17) is 9.47 Å². The number of carbonyl (C=O) groups is 2. The smallest absolute Gasteiger partial charge is 0.198 e. The van der Waals surface area contributed by atoms with E-state index in [0.717, 1.165) is 12.8 Å². The van der Waals surface area contributed by atoms with Gasteiger partial charge >= 0.3 is 0 Å². The van der Waals surface area contributed by atoms with Crippen LogP contribution in [0, 0.1) is 6.92 Å². The molecular formula is C35H35CrN2O4-. The number of nitrogens with one attached hydrogen (secondary N) is 2. The maximum absolute atomic E-state index is 11.7. The van der Waals surface area contributed by atoms with Gasteiger partial charge in [-0.1, -0.05) is 85.0 Å². The molecule has 0 amide bonds. The Morgan fingerprint density at radius 2 is 1.05 bits per heavy atom. The predicted molar refractivity (Wildman–Crippen MR) is 162 cm³/mol. The normalized spacial score (nSPS) is 23.1. The van der Waals surface area contributed by atoms with Crippen LogP contribution in [0.3, 0.4) is 0 Å². The molecule has 2 N–H and O–H groups in total. The fourth-order valence-electron chi connectivity index (χ4n) is 4.54. The molecule has 6 nitrogen and oxygen atoms in total. The molecule has 0 radical (unpaired) electrons. The summed E-state index contributed by atoms with van der Waals surface area (Å²) in [5.74, 6) is 1.19. The minimum absolute atomic E-state index is 0. The molecule has 0 unspecified atom stereocenters. The fraction of sp³-hybridized carbons (Fsp3) is 0.171. The molecule has 2 heterocycles. The molecule has 2 aliphatic heterocycles. The number of benzene rings is 2. The van der Waals surface area contributed by atoms with Crippen LogP contribution in [0.25, 0.3) is 0 Å². The molecule has 4 aliphatic rings. The standard InChI is InChI=1S/2C16H15NO2.C3H5.Cr/c2*18-15-9-5-4-8-14(15)16-17-13(11-19-16)10-12-6-2-1-3-7-12;1-3-2;/h2*1-9,13,17H,10-11H2;3H,1-2H2;/q;;-1;/b16-14+;16-14-;;/t2*13-;;/m00../s1. The van der Waals surface area contributed by atoms with Crippen molar-refractivity contribution in [3.8, 4) is 0 Å². The molecule has 0 aromatic heterocycles. The number of rotatable bonds is 4. The number of hydrogen-bond acceptors (Lipinski definition) is 6. The first-order chi connectivity index (χ1) is 20.1. The summed E-state index contributed by atoms with van der Waals surface area (Å²) in [6.45, 7) is 7.69. The maximum Gasteiger partial charge on any atom is 0.198 e. The summed E-state index contributed by atoms with van der Waals surface area (Å²) < 4.78 is 11.2. The average Bonchev–Trinajstić information content (AvgIpc) is 3.65. The van der Waals surface area contributed by atoms with Gasteiger partial charge in [-0.05, 0) is 48.3 Å². The van der Waals surface area contributed by atoms with Gasteiger partial charge in [-0.2, -0.15) is 0 Å². The number of ether oxygens (including phenoxy) is 2. The number of carbonyl (C=O) groups excluding carboxylic acids is 2. The van der Waals surface area contributed by atoms with Gasteiger partial charge in [0.15, 0.2) is 23.3 Å². The van der Waals surface area contributed by atoms with E-state index < -0.39 is 0 Å². The van der Waals surface area contributed by atoms with Crippen molar-refractivity contribution in [1.82, 2.24) is 10.6 Å². The Labute approximate surface area is 259 Å². The Hall–Kier alpha value is -4.44. The van der Waals surface area contributed by atoms with Crippen LogP contribution < -0.4 is 10.6 Å². The van der Waals surface area contributed by atoms with Gasteiger partial charge in [-0.25, -0.2) is 19.6 Å². The van der Waals surface area contributed by atoms with E-state index >= 15 is 0 Å². The zero-order valence-electron chi connectivity index (χ0n) is 23.4. The van der Waals surface area contributed by atoms with E-state index in [0.29, 0.717) is 36.1 Å². The molecular weight excluding hydrogens is 564 g/mol. The Morgan fingerprint density at radius 1 is 0.690 bits per heavy atom. The number of ketones is 2. The van der Waals surface area contributed by atoms with E-state index in [9.17, 15) is 9.59 Å². The van der Waals surface area contributed by atoms with Gasteiger partial charge in [0.2, 0.25) is 0 Å². The van der Waals surface area contributed by atoms with E-state index in [2.05, 4.69) is 48.4 Å². The summed E-state index contributed by atoms with van der Waals surface area (Å²) in [4.78, 5) is 23.5. The maximum atomic E-state index is 11.7. The first-order valence-electron chi connectivity index (χ1n) is 13.6. The quantitative estimate of drug-likeness (QED) is 0.369. The van der Waals surface area contributed by atoms with Crippen LogP contribution >= 0.6 is 0 Å². The van der Waals surface area contributed by atoms with Crippen molar-refractivity contribution in [2.75, 3.05) is 13.2 Å².